The molecule has 0 aliphatic rings. The van der Waals surface area contributed by atoms with Crippen LogP contribution in [0.2, 0.25) is 0 Å². The van der Waals surface area contributed by atoms with Crippen LogP contribution in [0.15, 0.2) is 102 Å². The van der Waals surface area contributed by atoms with Gasteiger partial charge in [-0.2, -0.15) is 0 Å². The van der Waals surface area contributed by atoms with E-state index in [-0.39, 0.29) is 11.7 Å². The lowest BCUT2D eigenvalue weighted by molar-refractivity contribution is -0.159. The predicted octanol–water partition coefficient (Wildman–Crippen LogP) is 5.00. The highest BCUT2D eigenvalue weighted by Crippen LogP contribution is 2.27. The van der Waals surface area contributed by atoms with E-state index in [2.05, 4.69) is 14.9 Å². The second-order valence-electron chi connectivity index (χ2n) is 8.74. The minimum atomic E-state index is -1.82. The molecule has 5 aromatic rings. The highest BCUT2D eigenvalue weighted by atomic mass is 32.2. The van der Waals surface area contributed by atoms with Crippen molar-refractivity contribution in [2.75, 3.05) is 0 Å². The molecule has 2 aromatic heterocycles. The van der Waals surface area contributed by atoms with Gasteiger partial charge < -0.3 is 20.1 Å². The van der Waals surface area contributed by atoms with E-state index in [0.717, 1.165) is 32.9 Å². The van der Waals surface area contributed by atoms with Crippen LogP contribution in [-0.2, 0) is 28.4 Å². The Balaban J connectivity index is 0.000000585. The van der Waals surface area contributed by atoms with Gasteiger partial charge in [0.05, 0.1) is 23.8 Å². The fourth-order valence-corrected chi connectivity index (χ4v) is 4.78. The number of nitrogens with zero attached hydrogens (tertiary/aromatic N) is 3. The average Bonchev–Trinajstić information content (AvgIpc) is 3.33. The molecule has 3 N–H and O–H groups in total. The van der Waals surface area contributed by atoms with E-state index in [1.54, 1.807) is 30.2 Å². The van der Waals surface area contributed by atoms with Gasteiger partial charge in [-0.1, -0.05) is 66.4 Å². The van der Waals surface area contributed by atoms with Crippen LogP contribution in [0, 0.1) is 5.82 Å². The summed E-state index contributed by atoms with van der Waals surface area (Å²) >= 11 is 1.60. The maximum Gasteiger partial charge on any atom is 0.414 e. The average molecular weight is 573 g/mol. The number of nitrogens with one attached hydrogen (secondary N) is 1. The lowest BCUT2D eigenvalue weighted by Crippen LogP contribution is -2.22. The Morgan fingerprint density at radius 2 is 1.56 bits per heavy atom. The first-order valence-corrected chi connectivity index (χ1v) is 13.3. The molecule has 3 aromatic carbocycles. The lowest BCUT2D eigenvalue weighted by Gasteiger charge is -2.10. The number of rotatable bonds is 8. The number of benzene rings is 3. The Hall–Kier alpha value is -5.03. The van der Waals surface area contributed by atoms with Crippen LogP contribution in [0.1, 0.15) is 27.0 Å². The SMILES string of the molecule is O=C(NCc1ccccc1)c1ccc(CSc2nc3ccncc3n2Cc2cccc(F)c2)cc1.O=C(O)C(=O)O. The summed E-state index contributed by atoms with van der Waals surface area (Å²) in [6.45, 7) is 0.997. The number of aromatic nitrogens is 3. The van der Waals surface area contributed by atoms with Crippen molar-refractivity contribution in [3.05, 3.63) is 125 Å². The van der Waals surface area contributed by atoms with Gasteiger partial charge in [0, 0.05) is 24.1 Å². The second kappa shape index (κ2) is 13.9. The normalized spacial score (nSPS) is 10.5. The number of carbonyl (C=O) groups is 3. The Morgan fingerprint density at radius 1 is 0.854 bits per heavy atom. The molecular formula is C30H25FN4O5S. The molecule has 2 heterocycles. The summed E-state index contributed by atoms with van der Waals surface area (Å²) in [5, 5.41) is 18.6. The molecule has 1 amide bonds. The topological polar surface area (TPSA) is 134 Å². The van der Waals surface area contributed by atoms with Gasteiger partial charge in [-0.3, -0.25) is 9.78 Å². The van der Waals surface area contributed by atoms with E-state index < -0.39 is 11.9 Å². The van der Waals surface area contributed by atoms with Gasteiger partial charge in [0.2, 0.25) is 0 Å². The van der Waals surface area contributed by atoms with Crippen LogP contribution in [0.4, 0.5) is 4.39 Å². The molecule has 9 nitrogen and oxygen atoms in total. The first-order valence-electron chi connectivity index (χ1n) is 12.3. The molecule has 5 rings (SSSR count). The van der Waals surface area contributed by atoms with Gasteiger partial charge in [0.25, 0.3) is 5.91 Å². The lowest BCUT2D eigenvalue weighted by atomic mass is 10.1. The first-order chi connectivity index (χ1) is 19.8. The number of imidazole rings is 1. The summed E-state index contributed by atoms with van der Waals surface area (Å²) in [4.78, 5) is 39.7. The monoisotopic (exact) mass is 572 g/mol. The number of carbonyl (C=O) groups excluding carboxylic acids is 1. The number of pyridine rings is 1. The van der Waals surface area contributed by atoms with Crippen molar-refractivity contribution in [1.82, 2.24) is 19.9 Å². The van der Waals surface area contributed by atoms with Crippen molar-refractivity contribution < 1.29 is 29.0 Å². The van der Waals surface area contributed by atoms with E-state index >= 15 is 0 Å². The van der Waals surface area contributed by atoms with Gasteiger partial charge in [-0.25, -0.2) is 19.0 Å². The third-order valence-electron chi connectivity index (χ3n) is 5.81. The fourth-order valence-electron chi connectivity index (χ4n) is 3.81. The highest BCUT2D eigenvalue weighted by Gasteiger charge is 2.13. The van der Waals surface area contributed by atoms with Crippen molar-refractivity contribution in [3.63, 3.8) is 0 Å². The number of amides is 1. The number of fused-ring (bicyclic) bond motifs is 1. The summed E-state index contributed by atoms with van der Waals surface area (Å²) in [5.41, 5.74) is 5.39. The van der Waals surface area contributed by atoms with Crippen LogP contribution in [-0.4, -0.2) is 42.6 Å². The molecule has 0 radical (unpaired) electrons. The van der Waals surface area contributed by atoms with Crippen molar-refractivity contribution >= 4 is 40.6 Å². The Bertz CT molecular complexity index is 1650. The Morgan fingerprint density at radius 3 is 2.24 bits per heavy atom. The van der Waals surface area contributed by atoms with Crippen LogP contribution in [0.5, 0.6) is 0 Å². The maximum absolute atomic E-state index is 13.7. The molecule has 0 saturated carbocycles. The van der Waals surface area contributed by atoms with E-state index in [1.807, 2.05) is 66.7 Å². The van der Waals surface area contributed by atoms with Crippen LogP contribution < -0.4 is 5.32 Å². The quantitative estimate of drug-likeness (QED) is 0.175. The molecule has 208 valence electrons. The minimum Gasteiger partial charge on any atom is -0.473 e. The largest absolute Gasteiger partial charge is 0.473 e. The molecule has 0 atom stereocenters. The van der Waals surface area contributed by atoms with Gasteiger partial charge >= 0.3 is 11.9 Å². The zero-order chi connectivity index (χ0) is 29.2. The molecule has 0 bridgehead atoms. The first kappa shape index (κ1) is 29.0. The number of aliphatic carboxylic acids is 2. The van der Waals surface area contributed by atoms with Crippen molar-refractivity contribution in [2.45, 2.75) is 24.0 Å². The van der Waals surface area contributed by atoms with E-state index in [1.165, 1.54) is 12.1 Å². The molecular weight excluding hydrogens is 547 g/mol. The number of hydrogen-bond acceptors (Lipinski definition) is 6. The molecule has 41 heavy (non-hydrogen) atoms. The number of carboxylic acid groups (broad SMARTS) is 2. The number of hydrogen-bond donors (Lipinski definition) is 3. The van der Waals surface area contributed by atoms with Crippen LogP contribution in [0.25, 0.3) is 11.0 Å². The fraction of sp³-hybridized carbons (Fsp3) is 0.100. The molecule has 0 unspecified atom stereocenters. The maximum atomic E-state index is 13.7. The van der Waals surface area contributed by atoms with Gasteiger partial charge in [0.1, 0.15) is 5.82 Å². The van der Waals surface area contributed by atoms with Gasteiger partial charge in [-0.15, -0.1) is 0 Å². The molecule has 11 heteroatoms. The molecule has 0 saturated heterocycles. The molecule has 0 aliphatic heterocycles. The standard InChI is InChI=1S/C28H23FN4OS.C2H2O4/c29-24-8-4-7-22(15-24)18-33-26-17-30-14-13-25(26)32-28(33)35-19-21-9-11-23(12-10-21)27(34)31-16-20-5-2-1-3-6-20;3-1(4)2(5)6/h1-15,17H,16,18-19H2,(H,31,34);(H,3,4)(H,5,6). The van der Waals surface area contributed by atoms with Gasteiger partial charge in [0.15, 0.2) is 5.16 Å². The Kier molecular flexibility index (Phi) is 9.79. The minimum absolute atomic E-state index is 0.0996. The van der Waals surface area contributed by atoms with E-state index in [9.17, 15) is 9.18 Å². The number of carboxylic acids is 2. The summed E-state index contributed by atoms with van der Waals surface area (Å²) in [7, 11) is 0. The van der Waals surface area contributed by atoms with Crippen LogP contribution >= 0.6 is 11.8 Å². The van der Waals surface area contributed by atoms with Crippen molar-refractivity contribution in [1.29, 1.82) is 0 Å². The summed E-state index contributed by atoms with van der Waals surface area (Å²) < 4.78 is 15.8. The van der Waals surface area contributed by atoms with Crippen LogP contribution in [0.3, 0.4) is 0 Å². The molecule has 0 spiro atoms. The zero-order valence-electron chi connectivity index (χ0n) is 21.6. The summed E-state index contributed by atoms with van der Waals surface area (Å²) in [6, 6.07) is 25.9. The Labute approximate surface area is 238 Å². The molecule has 0 aliphatic carbocycles. The smallest absolute Gasteiger partial charge is 0.414 e. The predicted molar refractivity (Wildman–Crippen MR) is 152 cm³/mol. The summed E-state index contributed by atoms with van der Waals surface area (Å²) in [6.07, 6.45) is 3.51. The third-order valence-corrected chi connectivity index (χ3v) is 6.86. The highest BCUT2D eigenvalue weighted by molar-refractivity contribution is 7.98. The van der Waals surface area contributed by atoms with Crippen molar-refractivity contribution in [3.8, 4) is 0 Å². The number of thioether (sulfide) groups is 1. The van der Waals surface area contributed by atoms with E-state index in [0.29, 0.717) is 24.4 Å². The third kappa shape index (κ3) is 8.23. The second-order valence-corrected chi connectivity index (χ2v) is 9.68. The van der Waals surface area contributed by atoms with Crippen molar-refractivity contribution in [2.24, 2.45) is 0 Å². The molecule has 0 fully saturated rings. The van der Waals surface area contributed by atoms with E-state index in [4.69, 9.17) is 24.8 Å². The van der Waals surface area contributed by atoms with Gasteiger partial charge in [-0.05, 0) is 47.0 Å². The zero-order valence-corrected chi connectivity index (χ0v) is 22.4. The summed E-state index contributed by atoms with van der Waals surface area (Å²) in [5.74, 6) is -3.32. The number of halogens is 1.